The van der Waals surface area contributed by atoms with Crippen molar-refractivity contribution < 1.29 is 14.3 Å². The average molecular weight is 272 g/mol. The molecule has 1 atom stereocenters. The van der Waals surface area contributed by atoms with Crippen molar-refractivity contribution in [3.63, 3.8) is 0 Å². The Labute approximate surface area is 110 Å². The highest BCUT2D eigenvalue weighted by atomic mass is 32.2. The van der Waals surface area contributed by atoms with E-state index in [0.717, 1.165) is 0 Å². The number of hydrogen-bond acceptors (Lipinski definition) is 4. The Bertz CT molecular complexity index is 415. The van der Waals surface area contributed by atoms with E-state index in [4.69, 9.17) is 10.8 Å². The van der Waals surface area contributed by atoms with Gasteiger partial charge in [0, 0.05) is 17.5 Å². The molecule has 0 spiro atoms. The molecule has 0 aromatic heterocycles. The van der Waals surface area contributed by atoms with Crippen LogP contribution in [0.4, 0.5) is 15.8 Å². The standard InChI is InChI=1S/C12H17FN2O2S/c1-8(4-5-16)18-7-12(17)15-11-6-9(14)2-3-10(11)13/h2-3,6,8,16H,4-5,7,14H2,1H3,(H,15,17). The Kier molecular flexibility index (Phi) is 5.94. The molecule has 0 aliphatic carbocycles. The summed E-state index contributed by atoms with van der Waals surface area (Å²) in [5, 5.41) is 11.4. The highest BCUT2D eigenvalue weighted by Gasteiger charge is 2.09. The fraction of sp³-hybridized carbons (Fsp3) is 0.417. The Morgan fingerprint density at radius 2 is 2.33 bits per heavy atom. The van der Waals surface area contributed by atoms with Crippen LogP contribution in [0.15, 0.2) is 18.2 Å². The third kappa shape index (κ3) is 4.93. The normalized spacial score (nSPS) is 12.2. The molecule has 18 heavy (non-hydrogen) atoms. The molecule has 1 unspecified atom stereocenters. The molecule has 0 aliphatic heterocycles. The number of aliphatic hydroxyl groups excluding tert-OH is 1. The predicted molar refractivity (Wildman–Crippen MR) is 73.1 cm³/mol. The van der Waals surface area contributed by atoms with Gasteiger partial charge in [-0.1, -0.05) is 6.92 Å². The lowest BCUT2D eigenvalue weighted by Crippen LogP contribution is -2.17. The first-order valence-electron chi connectivity index (χ1n) is 5.60. The first-order valence-corrected chi connectivity index (χ1v) is 6.65. The number of amides is 1. The predicted octanol–water partition coefficient (Wildman–Crippen LogP) is 1.85. The van der Waals surface area contributed by atoms with Crippen LogP contribution in [0.1, 0.15) is 13.3 Å². The van der Waals surface area contributed by atoms with Gasteiger partial charge < -0.3 is 16.2 Å². The second-order valence-electron chi connectivity index (χ2n) is 3.92. The smallest absolute Gasteiger partial charge is 0.234 e. The topological polar surface area (TPSA) is 75.3 Å². The van der Waals surface area contributed by atoms with E-state index in [1.54, 1.807) is 0 Å². The van der Waals surface area contributed by atoms with Gasteiger partial charge in [-0.2, -0.15) is 0 Å². The number of carbonyl (C=O) groups excluding carboxylic acids is 1. The molecule has 6 heteroatoms. The number of hydrogen-bond donors (Lipinski definition) is 3. The lowest BCUT2D eigenvalue weighted by Gasteiger charge is -2.10. The number of halogens is 1. The van der Waals surface area contributed by atoms with Crippen LogP contribution >= 0.6 is 11.8 Å². The molecule has 4 nitrogen and oxygen atoms in total. The minimum absolute atomic E-state index is 0.0930. The van der Waals surface area contributed by atoms with Crippen LogP contribution in [0.25, 0.3) is 0 Å². The number of thioether (sulfide) groups is 1. The molecule has 0 saturated heterocycles. The van der Waals surface area contributed by atoms with E-state index in [1.807, 2.05) is 6.92 Å². The lowest BCUT2D eigenvalue weighted by atomic mass is 10.2. The van der Waals surface area contributed by atoms with E-state index in [-0.39, 0.29) is 29.2 Å². The molecule has 0 aliphatic rings. The molecule has 0 saturated carbocycles. The number of aliphatic hydroxyl groups is 1. The number of rotatable bonds is 6. The van der Waals surface area contributed by atoms with Crippen LogP contribution in [0.5, 0.6) is 0 Å². The Balaban J connectivity index is 2.47. The molecule has 1 aromatic carbocycles. The van der Waals surface area contributed by atoms with Crippen molar-refractivity contribution >= 4 is 29.0 Å². The number of anilines is 2. The highest BCUT2D eigenvalue weighted by molar-refractivity contribution is 8.00. The second-order valence-corrected chi connectivity index (χ2v) is 5.35. The number of nitrogens with one attached hydrogen (secondary N) is 1. The molecule has 1 rings (SSSR count). The summed E-state index contributed by atoms with van der Waals surface area (Å²) in [5.41, 5.74) is 6.00. The zero-order valence-electron chi connectivity index (χ0n) is 10.1. The van der Waals surface area contributed by atoms with Crippen molar-refractivity contribution in [1.82, 2.24) is 0 Å². The van der Waals surface area contributed by atoms with E-state index < -0.39 is 5.82 Å². The van der Waals surface area contributed by atoms with E-state index in [1.165, 1.54) is 30.0 Å². The molecule has 1 amide bonds. The van der Waals surface area contributed by atoms with Gasteiger partial charge in [0.25, 0.3) is 0 Å². The van der Waals surface area contributed by atoms with Gasteiger partial charge in [-0.05, 0) is 24.6 Å². The SMILES string of the molecule is CC(CCO)SCC(=O)Nc1cc(N)ccc1F. The van der Waals surface area contributed by atoms with Crippen LogP contribution in [0.2, 0.25) is 0 Å². The quantitative estimate of drug-likeness (QED) is 0.691. The summed E-state index contributed by atoms with van der Waals surface area (Å²) in [6.45, 7) is 2.02. The van der Waals surface area contributed by atoms with Crippen LogP contribution in [0, 0.1) is 5.82 Å². The van der Waals surface area contributed by atoms with Crippen molar-refractivity contribution in [2.75, 3.05) is 23.4 Å². The molecule has 0 fully saturated rings. The van der Waals surface area contributed by atoms with E-state index >= 15 is 0 Å². The Morgan fingerprint density at radius 1 is 1.61 bits per heavy atom. The molecule has 0 bridgehead atoms. The first kappa shape index (κ1) is 14.8. The Hall–Kier alpha value is -1.27. The highest BCUT2D eigenvalue weighted by Crippen LogP contribution is 2.19. The van der Waals surface area contributed by atoms with Gasteiger partial charge in [0.2, 0.25) is 5.91 Å². The van der Waals surface area contributed by atoms with Gasteiger partial charge in [-0.25, -0.2) is 4.39 Å². The van der Waals surface area contributed by atoms with E-state index in [2.05, 4.69) is 5.32 Å². The van der Waals surface area contributed by atoms with Crippen LogP contribution in [-0.4, -0.2) is 28.6 Å². The first-order chi connectivity index (χ1) is 8.52. The molecule has 0 radical (unpaired) electrons. The fourth-order valence-electron chi connectivity index (χ4n) is 1.31. The fourth-order valence-corrected chi connectivity index (χ4v) is 2.09. The summed E-state index contributed by atoms with van der Waals surface area (Å²) >= 11 is 1.41. The Morgan fingerprint density at radius 3 is 3.00 bits per heavy atom. The molecule has 4 N–H and O–H groups in total. The van der Waals surface area contributed by atoms with Crippen molar-refractivity contribution in [1.29, 1.82) is 0 Å². The van der Waals surface area contributed by atoms with E-state index in [9.17, 15) is 9.18 Å². The van der Waals surface area contributed by atoms with Crippen molar-refractivity contribution in [2.24, 2.45) is 0 Å². The van der Waals surface area contributed by atoms with Gasteiger partial charge in [-0.15, -0.1) is 11.8 Å². The van der Waals surface area contributed by atoms with E-state index in [0.29, 0.717) is 12.1 Å². The summed E-state index contributed by atoms with van der Waals surface area (Å²) < 4.78 is 13.3. The average Bonchev–Trinajstić information content (AvgIpc) is 2.32. The number of benzene rings is 1. The van der Waals surface area contributed by atoms with Crippen molar-refractivity contribution in [2.45, 2.75) is 18.6 Å². The van der Waals surface area contributed by atoms with Gasteiger partial charge in [0.1, 0.15) is 5.82 Å². The maximum atomic E-state index is 13.3. The van der Waals surface area contributed by atoms with Gasteiger partial charge in [0.15, 0.2) is 0 Å². The van der Waals surface area contributed by atoms with Gasteiger partial charge >= 0.3 is 0 Å². The maximum Gasteiger partial charge on any atom is 0.234 e. The summed E-state index contributed by atoms with van der Waals surface area (Å²) in [6.07, 6.45) is 0.630. The van der Waals surface area contributed by atoms with Crippen molar-refractivity contribution in [3.8, 4) is 0 Å². The second kappa shape index (κ2) is 7.23. The zero-order valence-corrected chi connectivity index (χ0v) is 11.0. The van der Waals surface area contributed by atoms with Crippen LogP contribution < -0.4 is 11.1 Å². The third-order valence-electron chi connectivity index (χ3n) is 2.30. The molecular formula is C12H17FN2O2S. The molecule has 1 aromatic rings. The monoisotopic (exact) mass is 272 g/mol. The van der Waals surface area contributed by atoms with Gasteiger partial charge in [0.05, 0.1) is 11.4 Å². The minimum atomic E-state index is -0.508. The summed E-state index contributed by atoms with van der Waals surface area (Å²) in [6, 6.07) is 4.03. The molecular weight excluding hydrogens is 255 g/mol. The lowest BCUT2D eigenvalue weighted by molar-refractivity contribution is -0.113. The number of nitrogen functional groups attached to an aromatic ring is 1. The summed E-state index contributed by atoms with van der Waals surface area (Å²) in [7, 11) is 0. The molecule has 0 heterocycles. The minimum Gasteiger partial charge on any atom is -0.399 e. The van der Waals surface area contributed by atoms with Crippen LogP contribution in [-0.2, 0) is 4.79 Å². The molecule has 100 valence electrons. The van der Waals surface area contributed by atoms with Crippen molar-refractivity contribution in [3.05, 3.63) is 24.0 Å². The largest absolute Gasteiger partial charge is 0.399 e. The summed E-state index contributed by atoms with van der Waals surface area (Å²) in [5.74, 6) is -0.574. The number of carbonyl (C=O) groups is 1. The number of nitrogens with two attached hydrogens (primary N) is 1. The third-order valence-corrected chi connectivity index (χ3v) is 3.53. The maximum absolute atomic E-state index is 13.3. The van der Waals surface area contributed by atoms with Crippen LogP contribution in [0.3, 0.4) is 0 Å². The van der Waals surface area contributed by atoms with Gasteiger partial charge in [-0.3, -0.25) is 4.79 Å². The summed E-state index contributed by atoms with van der Waals surface area (Å²) in [4.78, 5) is 11.6. The zero-order chi connectivity index (χ0) is 13.5.